The summed E-state index contributed by atoms with van der Waals surface area (Å²) < 4.78 is 0. The van der Waals surface area contributed by atoms with E-state index < -0.39 is 0 Å². The van der Waals surface area contributed by atoms with Gasteiger partial charge in [-0.15, -0.1) is 0 Å². The number of pyridine rings is 1. The monoisotopic (exact) mass is 300 g/mol. The Hall–Kier alpha value is -1.99. The minimum Gasteiger partial charge on any atom is -0.341 e. The molecule has 3 aromatic heterocycles. The number of fused-ring (bicyclic) bond motifs is 1. The number of hydrogen-bond acceptors (Lipinski definition) is 6. The summed E-state index contributed by atoms with van der Waals surface area (Å²) >= 11 is 1.55. The molecule has 3 aromatic rings. The molecule has 1 atom stereocenters. The van der Waals surface area contributed by atoms with Crippen LogP contribution in [0.25, 0.3) is 11.2 Å². The molecule has 0 aliphatic rings. The van der Waals surface area contributed by atoms with E-state index in [1.165, 1.54) is 6.33 Å². The van der Waals surface area contributed by atoms with Crippen molar-refractivity contribution in [1.29, 1.82) is 0 Å². The van der Waals surface area contributed by atoms with Crippen LogP contribution >= 0.6 is 11.8 Å². The van der Waals surface area contributed by atoms with Crippen LogP contribution in [-0.4, -0.2) is 31.5 Å². The van der Waals surface area contributed by atoms with Crippen molar-refractivity contribution in [2.45, 2.75) is 29.8 Å². The predicted octanol–water partition coefficient (Wildman–Crippen LogP) is 2.57. The van der Waals surface area contributed by atoms with Crippen LogP contribution in [0.3, 0.4) is 0 Å². The smallest absolute Gasteiger partial charge is 0.181 e. The van der Waals surface area contributed by atoms with Gasteiger partial charge < -0.3 is 10.3 Å². The minimum atomic E-state index is 0.257. The number of nitrogens with zero attached hydrogens (tertiary/aromatic N) is 4. The maximum Gasteiger partial charge on any atom is 0.181 e. The molecule has 0 saturated heterocycles. The Labute approximate surface area is 126 Å². The Kier molecular flexibility index (Phi) is 4.12. The van der Waals surface area contributed by atoms with Crippen LogP contribution in [0.4, 0.5) is 0 Å². The maximum absolute atomic E-state index is 4.51. The Morgan fingerprint density at radius 3 is 2.90 bits per heavy atom. The molecule has 21 heavy (non-hydrogen) atoms. The van der Waals surface area contributed by atoms with E-state index in [4.69, 9.17) is 0 Å². The molecule has 2 N–H and O–H groups in total. The SMILES string of the molecule is CCNC(C)c1ccc(Sc2ncnc3nc[nH]c23)cn1. The largest absolute Gasteiger partial charge is 0.341 e. The summed E-state index contributed by atoms with van der Waals surface area (Å²) in [6.07, 6.45) is 5.03. The number of aromatic nitrogens is 5. The van der Waals surface area contributed by atoms with Gasteiger partial charge in [-0.25, -0.2) is 15.0 Å². The highest BCUT2D eigenvalue weighted by Crippen LogP contribution is 2.29. The molecule has 0 amide bonds. The molecule has 0 radical (unpaired) electrons. The van der Waals surface area contributed by atoms with E-state index in [2.05, 4.69) is 50.2 Å². The molecular weight excluding hydrogens is 284 g/mol. The van der Waals surface area contributed by atoms with Crippen LogP contribution in [0.1, 0.15) is 25.6 Å². The van der Waals surface area contributed by atoms with Crippen LogP contribution < -0.4 is 5.32 Å². The van der Waals surface area contributed by atoms with Crippen LogP contribution in [-0.2, 0) is 0 Å². The van der Waals surface area contributed by atoms with Crippen LogP contribution in [0.2, 0.25) is 0 Å². The van der Waals surface area contributed by atoms with Gasteiger partial charge in [0, 0.05) is 17.1 Å². The summed E-state index contributed by atoms with van der Waals surface area (Å²) in [7, 11) is 0. The first kappa shape index (κ1) is 14.0. The fourth-order valence-corrected chi connectivity index (χ4v) is 2.87. The van der Waals surface area contributed by atoms with Gasteiger partial charge in [0.25, 0.3) is 0 Å². The zero-order valence-electron chi connectivity index (χ0n) is 11.9. The van der Waals surface area contributed by atoms with Crippen molar-refractivity contribution >= 4 is 22.9 Å². The molecule has 0 aliphatic heterocycles. The van der Waals surface area contributed by atoms with Gasteiger partial charge in [-0.05, 0) is 25.6 Å². The first-order valence-corrected chi connectivity index (χ1v) is 7.61. The van der Waals surface area contributed by atoms with Crippen molar-refractivity contribution in [3.05, 3.63) is 36.7 Å². The number of hydrogen-bond donors (Lipinski definition) is 2. The summed E-state index contributed by atoms with van der Waals surface area (Å²) in [5.41, 5.74) is 2.57. The standard InChI is InChI=1S/C14H16N6S/c1-3-15-9(2)11-5-4-10(6-16-11)21-14-12-13(18-7-17-12)19-8-20-14/h4-9,15H,3H2,1-2H3,(H,17,18,19,20). The fourth-order valence-electron chi connectivity index (χ4n) is 2.05. The van der Waals surface area contributed by atoms with E-state index in [0.29, 0.717) is 5.65 Å². The van der Waals surface area contributed by atoms with Gasteiger partial charge in [-0.1, -0.05) is 18.7 Å². The third kappa shape index (κ3) is 3.03. The molecule has 3 rings (SSSR count). The molecule has 0 bridgehead atoms. The maximum atomic E-state index is 4.51. The quantitative estimate of drug-likeness (QED) is 0.705. The third-order valence-electron chi connectivity index (χ3n) is 3.12. The second kappa shape index (κ2) is 6.19. The molecule has 0 aliphatic carbocycles. The average Bonchev–Trinajstić information content (AvgIpc) is 2.98. The van der Waals surface area contributed by atoms with Crippen molar-refractivity contribution in [2.75, 3.05) is 6.54 Å². The van der Waals surface area contributed by atoms with Gasteiger partial charge in [-0.2, -0.15) is 0 Å². The lowest BCUT2D eigenvalue weighted by molar-refractivity contribution is 0.582. The Balaban J connectivity index is 1.80. The van der Waals surface area contributed by atoms with Crippen LogP contribution in [0.15, 0.2) is 40.9 Å². The molecule has 6 nitrogen and oxygen atoms in total. The molecule has 108 valence electrons. The van der Waals surface area contributed by atoms with Crippen molar-refractivity contribution in [1.82, 2.24) is 30.2 Å². The summed E-state index contributed by atoms with van der Waals surface area (Å²) in [4.78, 5) is 21.2. The van der Waals surface area contributed by atoms with Crippen molar-refractivity contribution in [3.8, 4) is 0 Å². The number of aromatic amines is 1. The number of H-pyrrole nitrogens is 1. The van der Waals surface area contributed by atoms with Crippen molar-refractivity contribution in [3.63, 3.8) is 0 Å². The molecule has 1 unspecified atom stereocenters. The molecule has 0 saturated carbocycles. The van der Waals surface area contributed by atoms with Crippen molar-refractivity contribution in [2.24, 2.45) is 0 Å². The lowest BCUT2D eigenvalue weighted by Gasteiger charge is -2.11. The van der Waals surface area contributed by atoms with Gasteiger partial charge >= 0.3 is 0 Å². The zero-order valence-corrected chi connectivity index (χ0v) is 12.7. The second-order valence-corrected chi connectivity index (χ2v) is 5.64. The summed E-state index contributed by atoms with van der Waals surface area (Å²) in [5, 5.41) is 4.20. The van der Waals surface area contributed by atoms with E-state index >= 15 is 0 Å². The fraction of sp³-hybridized carbons (Fsp3) is 0.286. The first-order valence-electron chi connectivity index (χ1n) is 6.79. The highest BCUT2D eigenvalue weighted by atomic mass is 32.2. The summed E-state index contributed by atoms with van der Waals surface area (Å²) in [6, 6.07) is 4.36. The molecular formula is C14H16N6S. The average molecular weight is 300 g/mol. The van der Waals surface area contributed by atoms with E-state index in [1.807, 2.05) is 12.3 Å². The van der Waals surface area contributed by atoms with Gasteiger partial charge in [-0.3, -0.25) is 4.98 Å². The second-order valence-electron chi connectivity index (χ2n) is 4.58. The van der Waals surface area contributed by atoms with Gasteiger partial charge in [0.2, 0.25) is 0 Å². The lowest BCUT2D eigenvalue weighted by Crippen LogP contribution is -2.18. The molecule has 3 heterocycles. The topological polar surface area (TPSA) is 79.4 Å². The van der Waals surface area contributed by atoms with Crippen LogP contribution in [0.5, 0.6) is 0 Å². The molecule has 0 aromatic carbocycles. The molecule has 0 fully saturated rings. The Bertz CT molecular complexity index is 724. The highest BCUT2D eigenvalue weighted by Gasteiger charge is 2.09. The predicted molar refractivity (Wildman–Crippen MR) is 82.1 cm³/mol. The summed E-state index contributed by atoms with van der Waals surface area (Å²) in [6.45, 7) is 5.13. The van der Waals surface area contributed by atoms with Gasteiger partial charge in [0.15, 0.2) is 5.65 Å². The summed E-state index contributed by atoms with van der Waals surface area (Å²) in [5.74, 6) is 0. The highest BCUT2D eigenvalue weighted by molar-refractivity contribution is 7.99. The van der Waals surface area contributed by atoms with Gasteiger partial charge in [0.05, 0.1) is 12.0 Å². The zero-order chi connectivity index (χ0) is 14.7. The number of imidazole rings is 1. The van der Waals surface area contributed by atoms with Gasteiger partial charge in [0.1, 0.15) is 16.9 Å². The third-order valence-corrected chi connectivity index (χ3v) is 4.10. The Morgan fingerprint density at radius 2 is 2.14 bits per heavy atom. The number of rotatable bonds is 5. The van der Waals surface area contributed by atoms with E-state index in [9.17, 15) is 0 Å². The molecule has 0 spiro atoms. The van der Waals surface area contributed by atoms with Crippen LogP contribution in [0, 0.1) is 0 Å². The minimum absolute atomic E-state index is 0.257. The lowest BCUT2D eigenvalue weighted by atomic mass is 10.2. The normalized spacial score (nSPS) is 12.7. The van der Waals surface area contributed by atoms with Crippen molar-refractivity contribution < 1.29 is 0 Å². The van der Waals surface area contributed by atoms with E-state index in [0.717, 1.165) is 27.7 Å². The first-order chi connectivity index (χ1) is 10.3. The molecule has 7 heteroatoms. The van der Waals surface area contributed by atoms with E-state index in [1.54, 1.807) is 18.1 Å². The Morgan fingerprint density at radius 1 is 1.24 bits per heavy atom. The van der Waals surface area contributed by atoms with E-state index in [-0.39, 0.29) is 6.04 Å². The number of nitrogens with one attached hydrogen (secondary N) is 2.